The van der Waals surface area contributed by atoms with Crippen molar-refractivity contribution in [1.82, 2.24) is 0 Å². The monoisotopic (exact) mass is 1170 g/mol. The Kier molecular flexibility index (Phi) is 4.95. The third-order valence-corrected chi connectivity index (χ3v) is 14.1. The lowest BCUT2D eigenvalue weighted by Crippen LogP contribution is -1.90. The first-order chi connectivity index (χ1) is 65.7. The third kappa shape index (κ3) is 8.64. The predicted molar refractivity (Wildman–Crippen MR) is 373 cm³/mol. The Labute approximate surface area is 583 Å². The lowest BCUT2D eigenvalue weighted by Gasteiger charge is -2.17. The van der Waals surface area contributed by atoms with E-state index in [0.29, 0.717) is 0 Å². The van der Waals surface area contributed by atoms with Crippen LogP contribution in [0.1, 0.15) is 72.7 Å². The second-order valence-corrected chi connectivity index (χ2v) is 18.9. The number of rotatable bonds is 7. The van der Waals surface area contributed by atoms with Crippen LogP contribution in [0.2, 0.25) is 0 Å². The van der Waals surface area contributed by atoms with Crippen molar-refractivity contribution in [2.24, 2.45) is 0 Å². The molecule has 18 aromatic rings. The lowest BCUT2D eigenvalue weighted by molar-refractivity contribution is 0.669. The minimum absolute atomic E-state index is 0.346. The van der Waals surface area contributed by atoms with Crippen LogP contribution in [0.3, 0.4) is 0 Å². The third-order valence-electron chi connectivity index (χ3n) is 14.1. The van der Waals surface area contributed by atoms with Gasteiger partial charge in [0.2, 0.25) is 0 Å². The summed E-state index contributed by atoms with van der Waals surface area (Å²) in [5, 5.41) is -7.82. The molecule has 410 valence electrons. The van der Waals surface area contributed by atoms with Crippen molar-refractivity contribution >= 4 is 97.7 Å². The summed E-state index contributed by atoms with van der Waals surface area (Å²) < 4.78 is 481. The van der Waals surface area contributed by atoms with Crippen molar-refractivity contribution in [3.05, 3.63) is 326 Å². The Morgan fingerprint density at radius 1 is 0.182 bits per heavy atom. The van der Waals surface area contributed by atoms with Crippen LogP contribution in [0.15, 0.2) is 335 Å². The highest BCUT2D eigenvalue weighted by molar-refractivity contribution is 6.24. The zero-order chi connectivity index (χ0) is 104. The van der Waals surface area contributed by atoms with Gasteiger partial charge in [-0.05, 0) is 186 Å². The quantitative estimate of drug-likeness (QED) is 0.149. The van der Waals surface area contributed by atoms with Crippen LogP contribution in [-0.4, -0.2) is 0 Å². The largest absolute Gasteiger partial charge is 0.456 e. The molecule has 88 heavy (non-hydrogen) atoms. The summed E-state index contributed by atoms with van der Waals surface area (Å²) in [5.41, 5.74) is -11.7. The molecule has 0 bridgehead atoms. The number of furan rings is 2. The average Bonchev–Trinajstić information content (AvgIpc) is 0.923. The normalized spacial score (nSPS) is 20.1. The zero-order valence-electron chi connectivity index (χ0n) is 96.9. The first kappa shape index (κ1) is 20.6. The van der Waals surface area contributed by atoms with Gasteiger partial charge in [-0.1, -0.05) is 272 Å². The molecule has 2 heteroatoms. The van der Waals surface area contributed by atoms with Crippen LogP contribution >= 0.6 is 0 Å². The Morgan fingerprint density at radius 2 is 0.489 bits per heavy atom. The van der Waals surface area contributed by atoms with Gasteiger partial charge in [0, 0.05) is 21.5 Å². The molecule has 0 atom stereocenters. The SMILES string of the molecule is [2H]c1c([2H])c([2H])c(-c2c([2H])c([2H])c([2H])c(-c3c([2H])c([2H])c4c(oc5c([2H])c(-c6c7c([2H])c([2H])c([2H])c([2H])c7c(-c7c([2H])c([2H])c([2H])c([2H])c7[2H])c7c([2H])c([2H])c([2H])c([2H])c67)c([2H])c([2H])c54)c3[2H])c2[2H])c([2H])c1[2H].[2H]c1c([2H])c([2H])c(-c2c3c([2H])c([2H])c([2H])c([2H])c3c(-c3cc4oc5c([2H])c(-c6c([2H])c([2H])c([2H])c7c([2H])c([2H])c([2H])c([2H])c67)c([2H])c([2H])c5c4c([2H])c3[2H])c3c([2H])c([2H])c([2H])c([2H])c23)c([2H])c1[2H]. The van der Waals surface area contributed by atoms with Crippen LogP contribution in [0.4, 0.5) is 0 Å². The van der Waals surface area contributed by atoms with Crippen molar-refractivity contribution in [1.29, 1.82) is 0 Å². The number of hydrogen-bond acceptors (Lipinski definition) is 2. The smallest absolute Gasteiger partial charge is 0.136 e. The Bertz CT molecular complexity index is 8810. The van der Waals surface area contributed by atoms with Crippen molar-refractivity contribution in [2.75, 3.05) is 0 Å². The van der Waals surface area contributed by atoms with Gasteiger partial charge in [-0.2, -0.15) is 0 Å². The molecule has 0 aliphatic carbocycles. The highest BCUT2D eigenvalue weighted by Crippen LogP contribution is 2.47. The minimum atomic E-state index is -0.991. The summed E-state index contributed by atoms with van der Waals surface area (Å²) in [6.45, 7) is 0. The molecule has 0 fully saturated rings. The molecule has 2 heterocycles. The molecule has 18 rings (SSSR count). The van der Waals surface area contributed by atoms with Gasteiger partial charge in [-0.25, -0.2) is 0 Å². The molecule has 0 unspecified atom stereocenters. The molecule has 0 aliphatic heterocycles. The van der Waals surface area contributed by atoms with Crippen molar-refractivity contribution in [3.63, 3.8) is 0 Å². The molecule has 2 aromatic heterocycles. The molecular formula is C86H54O2. The van der Waals surface area contributed by atoms with Crippen molar-refractivity contribution in [2.45, 2.75) is 0 Å². The Balaban J connectivity index is 0.000000195. The highest BCUT2D eigenvalue weighted by Gasteiger charge is 2.21. The van der Waals surface area contributed by atoms with E-state index in [1.54, 1.807) is 0 Å². The summed E-state index contributed by atoms with van der Waals surface area (Å²) in [4.78, 5) is 0. The molecule has 0 radical (unpaired) electrons. The predicted octanol–water partition coefficient (Wildman–Crippen LogP) is 24.6. The fourth-order valence-corrected chi connectivity index (χ4v) is 10.3. The van der Waals surface area contributed by atoms with Gasteiger partial charge in [0.05, 0.1) is 72.7 Å². The van der Waals surface area contributed by atoms with E-state index in [1.165, 1.54) is 0 Å². The maximum Gasteiger partial charge on any atom is 0.136 e. The van der Waals surface area contributed by atoms with E-state index in [-0.39, 0.29) is 10.8 Å². The van der Waals surface area contributed by atoms with E-state index < -0.39 is 485 Å². The minimum Gasteiger partial charge on any atom is -0.456 e. The topological polar surface area (TPSA) is 26.3 Å². The van der Waals surface area contributed by atoms with Crippen LogP contribution in [0.25, 0.3) is 176 Å². The average molecular weight is 1170 g/mol. The van der Waals surface area contributed by atoms with Crippen LogP contribution in [0.5, 0.6) is 0 Å². The van der Waals surface area contributed by atoms with Gasteiger partial charge in [0.1, 0.15) is 22.3 Å². The fourth-order valence-electron chi connectivity index (χ4n) is 10.3. The molecule has 0 aliphatic rings. The van der Waals surface area contributed by atoms with Crippen molar-refractivity contribution in [3.8, 4) is 77.9 Å². The first-order valence-corrected chi connectivity index (χ1v) is 25.9. The van der Waals surface area contributed by atoms with Gasteiger partial charge >= 0.3 is 0 Å². The van der Waals surface area contributed by atoms with Gasteiger partial charge < -0.3 is 8.83 Å². The Hall–Kier alpha value is -11.6. The van der Waals surface area contributed by atoms with E-state index in [4.69, 9.17) is 56.8 Å². The number of benzene rings is 16. The van der Waals surface area contributed by atoms with E-state index >= 15 is 0 Å². The van der Waals surface area contributed by atoms with E-state index in [1.807, 2.05) is 0 Å². The van der Waals surface area contributed by atoms with E-state index in [2.05, 4.69) is 0 Å². The molecule has 16 aromatic carbocycles. The fraction of sp³-hybridized carbons (Fsp3) is 0. The zero-order valence-corrected chi connectivity index (χ0v) is 43.9. The molecule has 0 amide bonds. The standard InChI is InChI=1S/C44H28O.C42H26O/c1-3-12-29(13-4-1)31-16-11-17-32(26-31)33-22-24-35-36-25-23-34(28-42(36)45-41(35)27-33)44-39-20-9-7-18-37(39)43(30-14-5-2-6-15-30)38-19-8-10-21-40(38)44;1-2-12-28(13-3-1)41-35-16-6-8-18-37(35)42(38-19-9-7-17-36(38)41)30-22-24-34-33-23-21-29(25-39(33)43-40(34)26-30)32-20-10-14-27-11-4-5-15-31(27)32/h1-28H;1-26H/i1D,2D,3D,4D,5D,6D,7D,8D,9D,10D,11D,12D,13D,14D,15D,16D,17D,18D,19D,20D,21D,22D,23D,24D,25D,26D,27D,28D;1D,2D,3D,4D,5D,6D,7D,8D,9D,10D,11D,12D,13D,14D,15D,16D,17D,18D,19D,20D,21D,22D,23D,24D,25D. The lowest BCUT2D eigenvalue weighted by atomic mass is 9.86. The maximum atomic E-state index is 9.68. The molecule has 0 saturated carbocycles. The second kappa shape index (κ2) is 21.2. The molecule has 0 spiro atoms. The number of hydrogen-bond donors (Lipinski definition) is 0. The summed E-state index contributed by atoms with van der Waals surface area (Å²) in [6.07, 6.45) is 0. The molecule has 0 N–H and O–H groups in total. The van der Waals surface area contributed by atoms with Crippen LogP contribution in [-0.2, 0) is 0 Å². The molecule has 0 saturated heterocycles. The van der Waals surface area contributed by atoms with Gasteiger partial charge in [-0.15, -0.1) is 0 Å². The van der Waals surface area contributed by atoms with E-state index in [0.717, 1.165) is 6.07 Å². The van der Waals surface area contributed by atoms with Crippen molar-refractivity contribution < 1.29 is 81.5 Å². The Morgan fingerprint density at radius 3 is 1.00 bits per heavy atom. The van der Waals surface area contributed by atoms with Gasteiger partial charge in [0.25, 0.3) is 0 Å². The summed E-state index contributed by atoms with van der Waals surface area (Å²) >= 11 is 0. The first-order valence-electron chi connectivity index (χ1n) is 52.4. The number of fused-ring (bicyclic) bond motifs is 11. The van der Waals surface area contributed by atoms with E-state index in [9.17, 15) is 24.7 Å². The summed E-state index contributed by atoms with van der Waals surface area (Å²) in [7, 11) is 0. The van der Waals surface area contributed by atoms with Crippen LogP contribution < -0.4 is 0 Å². The molecule has 2 nitrogen and oxygen atoms in total. The second-order valence-electron chi connectivity index (χ2n) is 18.9. The summed E-state index contributed by atoms with van der Waals surface area (Å²) in [6, 6.07) is -45.6. The molecular weight excluding hydrogens is 1060 g/mol. The maximum absolute atomic E-state index is 9.68. The summed E-state index contributed by atoms with van der Waals surface area (Å²) in [5.74, 6) is 0. The van der Waals surface area contributed by atoms with Gasteiger partial charge in [-0.3, -0.25) is 0 Å². The highest BCUT2D eigenvalue weighted by atomic mass is 16.3. The van der Waals surface area contributed by atoms with Gasteiger partial charge in [0.15, 0.2) is 0 Å². The van der Waals surface area contributed by atoms with Crippen LogP contribution in [0, 0.1) is 0 Å².